The Morgan fingerprint density at radius 2 is 1.61 bits per heavy atom. The number of benzene rings is 1. The minimum Gasteiger partial charge on any atom is -0.252 e. The maximum absolute atomic E-state index is 8.57. The first kappa shape index (κ1) is 30.1. The van der Waals surface area contributed by atoms with E-state index in [1.165, 1.54) is 5.56 Å². The number of rotatable bonds is 7. The van der Waals surface area contributed by atoms with Gasteiger partial charge < -0.3 is 0 Å². The van der Waals surface area contributed by atoms with Gasteiger partial charge in [-0.15, -0.1) is 0 Å². The van der Waals surface area contributed by atoms with E-state index in [4.69, 9.17) is 5.26 Å². The quantitative estimate of drug-likeness (QED) is 0.247. The largest absolute Gasteiger partial charge is 0.252 e. The van der Waals surface area contributed by atoms with Crippen LogP contribution in [0, 0.1) is 11.3 Å². The molecule has 0 heterocycles. The number of azo groups is 1. The molecule has 0 saturated carbocycles. The molecule has 0 unspecified atom stereocenters. The summed E-state index contributed by atoms with van der Waals surface area (Å²) >= 11 is 0. The molecule has 0 N–H and O–H groups in total. The standard InChI is InChI=1S/C14H21N3.C11H13N.C2H6/c1-10(2)12(5)8-14(11(3)4)17-13(6)9-16-15-7;1-3-9(2)11-6-4-10(8-12)5-7-11;1-2/h8-9H,1,3H2,2,4-7H3;4-7,9H,3H2,1-2H3;1-2H3/b12-8+,13-9+,16-15?,17-14-;;/t;9-;/m.0./s1. The van der Waals surface area contributed by atoms with E-state index in [-0.39, 0.29) is 0 Å². The molecule has 0 amide bonds. The van der Waals surface area contributed by atoms with Crippen molar-refractivity contribution in [3.05, 3.63) is 83.2 Å². The summed E-state index contributed by atoms with van der Waals surface area (Å²) in [6.45, 7) is 24.0. The van der Waals surface area contributed by atoms with Crippen LogP contribution in [0.5, 0.6) is 0 Å². The van der Waals surface area contributed by atoms with Crippen LogP contribution in [0.4, 0.5) is 0 Å². The van der Waals surface area contributed by atoms with Crippen molar-refractivity contribution in [1.82, 2.24) is 0 Å². The van der Waals surface area contributed by atoms with E-state index in [1.807, 2.05) is 71.9 Å². The molecule has 0 saturated heterocycles. The Morgan fingerprint density at radius 3 is 2.00 bits per heavy atom. The molecular weight excluding hydrogens is 380 g/mol. The molecule has 1 rings (SSSR count). The van der Waals surface area contributed by atoms with Gasteiger partial charge in [0, 0.05) is 7.05 Å². The van der Waals surface area contributed by atoms with Crippen LogP contribution in [0.1, 0.15) is 78.9 Å². The fourth-order valence-electron chi connectivity index (χ4n) is 2.06. The van der Waals surface area contributed by atoms with Gasteiger partial charge in [-0.3, -0.25) is 4.99 Å². The number of hydrogen-bond acceptors (Lipinski definition) is 4. The average molecular weight is 421 g/mol. The zero-order chi connectivity index (χ0) is 24.4. The van der Waals surface area contributed by atoms with E-state index in [0.29, 0.717) is 5.92 Å². The van der Waals surface area contributed by atoms with Crippen molar-refractivity contribution >= 4 is 5.71 Å². The SMILES string of the molecule is C=C(C)C(/C=C(\C)C(=C)C)=N\C(C)=C\N=NC.CC.CC[C@H](C)c1ccc(C#N)cc1. The molecule has 1 aromatic carbocycles. The van der Waals surface area contributed by atoms with Gasteiger partial charge in [0.25, 0.3) is 0 Å². The van der Waals surface area contributed by atoms with E-state index in [2.05, 4.69) is 48.3 Å². The molecule has 0 radical (unpaired) electrons. The van der Waals surface area contributed by atoms with E-state index in [9.17, 15) is 0 Å². The van der Waals surface area contributed by atoms with Gasteiger partial charge >= 0.3 is 0 Å². The summed E-state index contributed by atoms with van der Waals surface area (Å²) in [5.41, 5.74) is 6.71. The highest BCUT2D eigenvalue weighted by Gasteiger charge is 2.01. The number of hydrogen-bond donors (Lipinski definition) is 0. The van der Waals surface area contributed by atoms with E-state index >= 15 is 0 Å². The Bertz CT molecular complexity index is 844. The van der Waals surface area contributed by atoms with Crippen LogP contribution < -0.4 is 0 Å². The first-order chi connectivity index (χ1) is 14.7. The normalized spacial score (nSPS) is 12.7. The van der Waals surface area contributed by atoms with Gasteiger partial charge in [-0.1, -0.05) is 58.6 Å². The molecule has 0 aliphatic rings. The zero-order valence-electron chi connectivity index (χ0n) is 21.0. The predicted octanol–water partition coefficient (Wildman–Crippen LogP) is 8.57. The van der Waals surface area contributed by atoms with Crippen molar-refractivity contribution in [3.63, 3.8) is 0 Å². The highest BCUT2D eigenvalue weighted by molar-refractivity contribution is 6.08. The smallest absolute Gasteiger partial charge is 0.0991 e. The lowest BCUT2D eigenvalue weighted by atomic mass is 9.98. The molecule has 0 fully saturated rings. The lowest BCUT2D eigenvalue weighted by Crippen LogP contribution is -1.97. The summed E-state index contributed by atoms with van der Waals surface area (Å²) in [4.78, 5) is 4.44. The number of nitriles is 1. The van der Waals surface area contributed by atoms with E-state index in [0.717, 1.165) is 40.1 Å². The van der Waals surface area contributed by atoms with Gasteiger partial charge in [0.15, 0.2) is 0 Å². The van der Waals surface area contributed by atoms with Gasteiger partial charge in [-0.25, -0.2) is 0 Å². The van der Waals surface area contributed by atoms with Crippen molar-refractivity contribution in [1.29, 1.82) is 5.26 Å². The molecule has 1 atom stereocenters. The van der Waals surface area contributed by atoms with Gasteiger partial charge in [0.1, 0.15) is 0 Å². The second-order valence-corrected chi connectivity index (χ2v) is 7.01. The van der Waals surface area contributed by atoms with Crippen LogP contribution in [0.15, 0.2) is 87.3 Å². The maximum atomic E-state index is 8.57. The molecular formula is C27H40N4. The lowest BCUT2D eigenvalue weighted by Gasteiger charge is -2.07. The van der Waals surface area contributed by atoms with Crippen LogP contribution in [-0.2, 0) is 0 Å². The molecule has 31 heavy (non-hydrogen) atoms. The topological polar surface area (TPSA) is 60.9 Å². The van der Waals surface area contributed by atoms with E-state index < -0.39 is 0 Å². The molecule has 0 bridgehead atoms. The first-order valence-electron chi connectivity index (χ1n) is 10.7. The van der Waals surface area contributed by atoms with Gasteiger partial charge in [0.2, 0.25) is 0 Å². The predicted molar refractivity (Wildman–Crippen MR) is 137 cm³/mol. The summed E-state index contributed by atoms with van der Waals surface area (Å²) in [6, 6.07) is 9.93. The van der Waals surface area contributed by atoms with Crippen molar-refractivity contribution in [2.75, 3.05) is 7.05 Å². The monoisotopic (exact) mass is 420 g/mol. The number of allylic oxidation sites excluding steroid dienone is 5. The summed E-state index contributed by atoms with van der Waals surface area (Å²) in [6.07, 6.45) is 4.74. The number of aliphatic imine (C=N–C) groups is 1. The van der Waals surface area contributed by atoms with Crippen molar-refractivity contribution in [2.24, 2.45) is 15.2 Å². The fraction of sp³-hybridized carbons (Fsp3) is 0.407. The van der Waals surface area contributed by atoms with Crippen molar-refractivity contribution in [2.45, 2.75) is 67.7 Å². The molecule has 0 aliphatic heterocycles. The Morgan fingerprint density at radius 1 is 1.06 bits per heavy atom. The van der Waals surface area contributed by atoms with Gasteiger partial charge in [-0.05, 0) is 75.0 Å². The minimum atomic E-state index is 0.595. The maximum Gasteiger partial charge on any atom is 0.0991 e. The second kappa shape index (κ2) is 17.8. The molecule has 0 aliphatic carbocycles. The zero-order valence-corrected chi connectivity index (χ0v) is 21.0. The summed E-state index contributed by atoms with van der Waals surface area (Å²) in [7, 11) is 1.62. The third kappa shape index (κ3) is 13.7. The Balaban J connectivity index is 0. The van der Waals surface area contributed by atoms with Crippen LogP contribution in [0.2, 0.25) is 0 Å². The average Bonchev–Trinajstić information content (AvgIpc) is 2.78. The van der Waals surface area contributed by atoms with Crippen molar-refractivity contribution < 1.29 is 0 Å². The number of nitrogens with zero attached hydrogens (tertiary/aromatic N) is 4. The van der Waals surface area contributed by atoms with Gasteiger partial charge in [-0.2, -0.15) is 15.5 Å². The Hall–Kier alpha value is -3.06. The molecule has 168 valence electrons. The Kier molecular flexibility index (Phi) is 17.3. The highest BCUT2D eigenvalue weighted by atomic mass is 15.1. The molecule has 4 heteroatoms. The summed E-state index contributed by atoms with van der Waals surface area (Å²) in [5.74, 6) is 0.595. The van der Waals surface area contributed by atoms with Crippen LogP contribution in [0.25, 0.3) is 0 Å². The van der Waals surface area contributed by atoms with Crippen LogP contribution in [0.3, 0.4) is 0 Å². The second-order valence-electron chi connectivity index (χ2n) is 7.01. The summed E-state index contributed by atoms with van der Waals surface area (Å²) < 4.78 is 0. The van der Waals surface area contributed by atoms with Crippen LogP contribution >= 0.6 is 0 Å². The first-order valence-corrected chi connectivity index (χ1v) is 10.7. The fourth-order valence-corrected chi connectivity index (χ4v) is 2.06. The molecule has 1 aromatic rings. The summed E-state index contributed by atoms with van der Waals surface area (Å²) in [5, 5.41) is 16.0. The van der Waals surface area contributed by atoms with Gasteiger partial charge in [0.05, 0.1) is 29.2 Å². The third-order valence-corrected chi connectivity index (χ3v) is 4.34. The molecule has 4 nitrogen and oxygen atoms in total. The minimum absolute atomic E-state index is 0.595. The van der Waals surface area contributed by atoms with Crippen molar-refractivity contribution in [3.8, 4) is 6.07 Å². The molecule has 0 spiro atoms. The highest BCUT2D eigenvalue weighted by Crippen LogP contribution is 2.18. The Labute approximate surface area is 190 Å². The van der Waals surface area contributed by atoms with Crippen LogP contribution in [-0.4, -0.2) is 12.8 Å². The molecule has 0 aromatic heterocycles. The third-order valence-electron chi connectivity index (χ3n) is 4.34. The van der Waals surface area contributed by atoms with E-state index in [1.54, 1.807) is 13.2 Å². The lowest BCUT2D eigenvalue weighted by molar-refractivity contribution is 0.733.